The molecule has 16 heavy (non-hydrogen) atoms. The lowest BCUT2D eigenvalue weighted by Gasteiger charge is -2.05. The molecule has 90 valence electrons. The third-order valence-corrected chi connectivity index (χ3v) is 2.13. The third-order valence-electron chi connectivity index (χ3n) is 2.13. The summed E-state index contributed by atoms with van der Waals surface area (Å²) in [6.45, 7) is 3.03. The van der Waals surface area contributed by atoms with Crippen molar-refractivity contribution in [3.63, 3.8) is 0 Å². The Labute approximate surface area is 95.6 Å². The van der Waals surface area contributed by atoms with E-state index in [1.54, 1.807) is 0 Å². The molecule has 0 radical (unpaired) electrons. The van der Waals surface area contributed by atoms with Gasteiger partial charge in [0.15, 0.2) is 0 Å². The van der Waals surface area contributed by atoms with Gasteiger partial charge in [-0.05, 0) is 6.42 Å². The number of aromatic nitrogens is 3. The van der Waals surface area contributed by atoms with Gasteiger partial charge in [-0.15, -0.1) is 0 Å². The fraction of sp³-hybridized carbons (Fsp3) is 0.700. The van der Waals surface area contributed by atoms with Crippen molar-refractivity contribution in [3.8, 4) is 6.01 Å². The Balaban J connectivity index is 2.38. The number of methoxy groups -OCH3 is 1. The first kappa shape index (κ1) is 12.5. The maximum atomic E-state index is 5.50. The maximum absolute atomic E-state index is 5.50. The van der Waals surface area contributed by atoms with Crippen LogP contribution in [0.15, 0.2) is 0 Å². The molecule has 0 aliphatic carbocycles. The molecule has 0 bridgehead atoms. The summed E-state index contributed by atoms with van der Waals surface area (Å²) in [7, 11) is 1.50. The van der Waals surface area contributed by atoms with Gasteiger partial charge in [-0.3, -0.25) is 0 Å². The molecular formula is C10H19N5O. The molecule has 0 spiro atoms. The van der Waals surface area contributed by atoms with E-state index in [0.29, 0.717) is 5.95 Å². The molecule has 6 heteroatoms. The van der Waals surface area contributed by atoms with Crippen molar-refractivity contribution in [2.45, 2.75) is 32.6 Å². The van der Waals surface area contributed by atoms with Gasteiger partial charge < -0.3 is 15.8 Å². The van der Waals surface area contributed by atoms with Crippen LogP contribution >= 0.6 is 0 Å². The SMILES string of the molecule is CCCCCCNc1nc(N)nc(OC)n1. The zero-order valence-electron chi connectivity index (χ0n) is 9.86. The lowest BCUT2D eigenvalue weighted by atomic mass is 10.2. The molecule has 0 amide bonds. The normalized spacial score (nSPS) is 10.1. The van der Waals surface area contributed by atoms with Gasteiger partial charge in [-0.2, -0.15) is 15.0 Å². The van der Waals surface area contributed by atoms with Crippen molar-refractivity contribution in [2.75, 3.05) is 24.7 Å². The minimum absolute atomic E-state index is 0.169. The average molecular weight is 225 g/mol. The van der Waals surface area contributed by atoms with Crippen molar-refractivity contribution < 1.29 is 4.74 Å². The fourth-order valence-electron chi connectivity index (χ4n) is 1.29. The molecule has 0 unspecified atom stereocenters. The van der Waals surface area contributed by atoms with Gasteiger partial charge >= 0.3 is 6.01 Å². The van der Waals surface area contributed by atoms with Crippen molar-refractivity contribution in [1.82, 2.24) is 15.0 Å². The highest BCUT2D eigenvalue weighted by Gasteiger charge is 2.02. The van der Waals surface area contributed by atoms with E-state index in [-0.39, 0.29) is 12.0 Å². The maximum Gasteiger partial charge on any atom is 0.322 e. The summed E-state index contributed by atoms with van der Waals surface area (Å²) in [5.41, 5.74) is 5.50. The molecule has 3 N–H and O–H groups in total. The number of unbranched alkanes of at least 4 members (excludes halogenated alkanes) is 3. The summed E-state index contributed by atoms with van der Waals surface area (Å²) in [4.78, 5) is 11.8. The van der Waals surface area contributed by atoms with Gasteiger partial charge in [0.2, 0.25) is 11.9 Å². The molecule has 0 atom stereocenters. The van der Waals surface area contributed by atoms with Gasteiger partial charge in [-0.25, -0.2) is 0 Å². The van der Waals surface area contributed by atoms with Crippen molar-refractivity contribution in [3.05, 3.63) is 0 Å². The first-order chi connectivity index (χ1) is 7.76. The molecule has 0 aliphatic rings. The number of nitrogens with one attached hydrogen (secondary N) is 1. The number of nitrogens with zero attached hydrogens (tertiary/aromatic N) is 3. The molecule has 0 saturated heterocycles. The van der Waals surface area contributed by atoms with E-state index in [2.05, 4.69) is 27.2 Å². The molecule has 0 aromatic carbocycles. The van der Waals surface area contributed by atoms with Crippen LogP contribution in [0, 0.1) is 0 Å². The number of ether oxygens (including phenoxy) is 1. The van der Waals surface area contributed by atoms with Crippen LogP contribution in [0.1, 0.15) is 32.6 Å². The van der Waals surface area contributed by atoms with E-state index >= 15 is 0 Å². The largest absolute Gasteiger partial charge is 0.467 e. The molecular weight excluding hydrogens is 206 g/mol. The topological polar surface area (TPSA) is 86.0 Å². The van der Waals surface area contributed by atoms with Crippen LogP contribution in [0.2, 0.25) is 0 Å². The van der Waals surface area contributed by atoms with Gasteiger partial charge in [0.05, 0.1) is 7.11 Å². The first-order valence-corrected chi connectivity index (χ1v) is 5.55. The summed E-state index contributed by atoms with van der Waals surface area (Å²) in [6, 6.07) is 0.239. The molecule has 1 heterocycles. The zero-order valence-corrected chi connectivity index (χ0v) is 9.86. The minimum atomic E-state index is 0.169. The number of rotatable bonds is 7. The van der Waals surface area contributed by atoms with Crippen LogP contribution in [0.3, 0.4) is 0 Å². The first-order valence-electron chi connectivity index (χ1n) is 5.55. The van der Waals surface area contributed by atoms with E-state index in [9.17, 15) is 0 Å². The lowest BCUT2D eigenvalue weighted by molar-refractivity contribution is 0.379. The number of anilines is 2. The monoisotopic (exact) mass is 225 g/mol. The smallest absolute Gasteiger partial charge is 0.322 e. The van der Waals surface area contributed by atoms with Gasteiger partial charge in [-0.1, -0.05) is 26.2 Å². The molecule has 1 rings (SSSR count). The Bertz CT molecular complexity index is 318. The molecule has 6 nitrogen and oxygen atoms in total. The highest BCUT2D eigenvalue weighted by molar-refractivity contribution is 5.32. The summed E-state index contributed by atoms with van der Waals surface area (Å²) in [5, 5.41) is 3.10. The average Bonchev–Trinajstić information content (AvgIpc) is 2.28. The summed E-state index contributed by atoms with van der Waals surface area (Å²) >= 11 is 0. The van der Waals surface area contributed by atoms with E-state index in [0.717, 1.165) is 13.0 Å². The van der Waals surface area contributed by atoms with Crippen LogP contribution in [0.5, 0.6) is 6.01 Å². The zero-order chi connectivity index (χ0) is 11.8. The lowest BCUT2D eigenvalue weighted by Crippen LogP contribution is -2.09. The third kappa shape index (κ3) is 4.29. The standard InChI is InChI=1S/C10H19N5O/c1-3-4-5-6-7-12-9-13-8(11)14-10(15-9)16-2/h3-7H2,1-2H3,(H3,11,12,13,14,15). The Kier molecular flexibility index (Phi) is 5.31. The second kappa shape index (κ2) is 6.81. The van der Waals surface area contributed by atoms with E-state index in [1.165, 1.54) is 26.4 Å². The van der Waals surface area contributed by atoms with Crippen LogP contribution in [0.25, 0.3) is 0 Å². The Morgan fingerprint density at radius 2 is 2.00 bits per heavy atom. The molecule has 0 saturated carbocycles. The highest BCUT2D eigenvalue weighted by atomic mass is 16.5. The van der Waals surface area contributed by atoms with Crippen LogP contribution < -0.4 is 15.8 Å². The summed E-state index contributed by atoms with van der Waals surface area (Å²) in [5.74, 6) is 0.642. The van der Waals surface area contributed by atoms with Crippen molar-refractivity contribution in [2.24, 2.45) is 0 Å². The van der Waals surface area contributed by atoms with E-state index in [1.807, 2.05) is 0 Å². The highest BCUT2D eigenvalue weighted by Crippen LogP contribution is 2.08. The number of nitrogen functional groups attached to an aromatic ring is 1. The van der Waals surface area contributed by atoms with Crippen molar-refractivity contribution >= 4 is 11.9 Å². The number of nitrogens with two attached hydrogens (primary N) is 1. The predicted molar refractivity (Wildman–Crippen MR) is 63.4 cm³/mol. The summed E-state index contributed by atoms with van der Waals surface area (Å²) in [6.07, 6.45) is 4.79. The van der Waals surface area contributed by atoms with Crippen LogP contribution in [-0.2, 0) is 0 Å². The van der Waals surface area contributed by atoms with E-state index in [4.69, 9.17) is 10.5 Å². The van der Waals surface area contributed by atoms with Crippen LogP contribution in [0.4, 0.5) is 11.9 Å². The van der Waals surface area contributed by atoms with E-state index < -0.39 is 0 Å². The van der Waals surface area contributed by atoms with Gasteiger partial charge in [0, 0.05) is 6.54 Å². The second-order valence-electron chi connectivity index (χ2n) is 3.49. The molecule has 0 fully saturated rings. The number of hydrogen-bond acceptors (Lipinski definition) is 6. The Hall–Kier alpha value is -1.59. The van der Waals surface area contributed by atoms with Crippen molar-refractivity contribution in [1.29, 1.82) is 0 Å². The molecule has 1 aromatic heterocycles. The quantitative estimate of drug-likeness (QED) is 0.683. The van der Waals surface area contributed by atoms with Gasteiger partial charge in [0.25, 0.3) is 0 Å². The predicted octanol–water partition coefficient (Wildman–Crippen LogP) is 1.45. The molecule has 1 aromatic rings. The number of hydrogen-bond donors (Lipinski definition) is 2. The second-order valence-corrected chi connectivity index (χ2v) is 3.49. The van der Waals surface area contributed by atoms with Gasteiger partial charge in [0.1, 0.15) is 0 Å². The Morgan fingerprint density at radius 1 is 1.19 bits per heavy atom. The van der Waals surface area contributed by atoms with Crippen LogP contribution in [-0.4, -0.2) is 28.6 Å². The summed E-state index contributed by atoms with van der Waals surface area (Å²) < 4.78 is 4.90. The molecule has 0 aliphatic heterocycles. The minimum Gasteiger partial charge on any atom is -0.467 e. The Morgan fingerprint density at radius 3 is 2.69 bits per heavy atom. The fourth-order valence-corrected chi connectivity index (χ4v) is 1.29.